The van der Waals surface area contributed by atoms with E-state index in [1.165, 1.54) is 0 Å². The number of hydrogen-bond donors (Lipinski definition) is 2. The molecule has 0 saturated carbocycles. The Morgan fingerprint density at radius 3 is 2.81 bits per heavy atom. The van der Waals surface area contributed by atoms with Crippen molar-refractivity contribution in [1.82, 2.24) is 0 Å². The van der Waals surface area contributed by atoms with Crippen LogP contribution in [0.5, 0.6) is 0 Å². The highest BCUT2D eigenvalue weighted by molar-refractivity contribution is 6.33. The average Bonchev–Trinajstić information content (AvgIpc) is 2.64. The molecule has 1 aromatic carbocycles. The highest BCUT2D eigenvalue weighted by Crippen LogP contribution is 2.30. The Balaban J connectivity index is 2.22. The minimum atomic E-state index is -0.232. The van der Waals surface area contributed by atoms with Crippen LogP contribution in [0.15, 0.2) is 18.2 Å². The van der Waals surface area contributed by atoms with Crippen LogP contribution in [0.4, 0.5) is 5.69 Å². The van der Waals surface area contributed by atoms with Gasteiger partial charge in [-0.05, 0) is 31.0 Å². The maximum atomic E-state index is 9.49. The number of hydrogen-bond acceptors (Lipinski definition) is 3. The fraction of sp³-hybridized carbons (Fsp3) is 0.500. The molecule has 0 spiro atoms. The third-order valence-corrected chi connectivity index (χ3v) is 3.30. The monoisotopic (exact) mass is 240 g/mol. The van der Waals surface area contributed by atoms with Crippen LogP contribution in [0.2, 0.25) is 5.02 Å². The van der Waals surface area contributed by atoms with Gasteiger partial charge in [-0.3, -0.25) is 0 Å². The molecule has 0 bridgehead atoms. The molecule has 3 nitrogen and oxygen atoms in total. The van der Waals surface area contributed by atoms with E-state index in [1.807, 2.05) is 25.1 Å². The van der Waals surface area contributed by atoms with E-state index in [0.29, 0.717) is 11.6 Å². The summed E-state index contributed by atoms with van der Waals surface area (Å²) in [6.45, 7) is 3.46. The zero-order chi connectivity index (χ0) is 11.7. The highest BCUT2D eigenvalue weighted by atomic mass is 35.5. The van der Waals surface area contributed by atoms with Gasteiger partial charge >= 0.3 is 0 Å². The number of β-amino-alcohol motifs (C(OH)–C–C–N with tert-alkyl or cyclic N) is 1. The van der Waals surface area contributed by atoms with Crippen molar-refractivity contribution < 1.29 is 5.11 Å². The van der Waals surface area contributed by atoms with Crippen molar-refractivity contribution in [2.24, 2.45) is 5.73 Å². The average molecular weight is 241 g/mol. The van der Waals surface area contributed by atoms with E-state index < -0.39 is 0 Å². The number of anilines is 1. The lowest BCUT2D eigenvalue weighted by molar-refractivity contribution is 0.198. The zero-order valence-corrected chi connectivity index (χ0v) is 10.1. The van der Waals surface area contributed by atoms with Crippen LogP contribution in [0.3, 0.4) is 0 Å². The van der Waals surface area contributed by atoms with E-state index in [0.717, 1.165) is 24.2 Å². The number of nitrogens with zero attached hydrogens (tertiary/aromatic N) is 1. The molecule has 2 rings (SSSR count). The quantitative estimate of drug-likeness (QED) is 0.831. The first-order valence-electron chi connectivity index (χ1n) is 5.56. The second-order valence-electron chi connectivity index (χ2n) is 4.39. The molecule has 0 radical (unpaired) electrons. The van der Waals surface area contributed by atoms with Gasteiger partial charge in [-0.15, -0.1) is 0 Å². The van der Waals surface area contributed by atoms with Crippen LogP contribution in [0.1, 0.15) is 24.9 Å². The van der Waals surface area contributed by atoms with E-state index in [9.17, 15) is 5.11 Å². The molecule has 2 atom stereocenters. The smallest absolute Gasteiger partial charge is 0.0731 e. The second-order valence-corrected chi connectivity index (χ2v) is 4.80. The van der Waals surface area contributed by atoms with Gasteiger partial charge in [0.15, 0.2) is 0 Å². The summed E-state index contributed by atoms with van der Waals surface area (Å²) in [5.41, 5.74) is 7.82. The largest absolute Gasteiger partial charge is 0.391 e. The minimum Gasteiger partial charge on any atom is -0.391 e. The van der Waals surface area contributed by atoms with Crippen molar-refractivity contribution in [1.29, 1.82) is 0 Å². The van der Waals surface area contributed by atoms with Gasteiger partial charge in [-0.2, -0.15) is 0 Å². The Morgan fingerprint density at radius 1 is 1.56 bits per heavy atom. The summed E-state index contributed by atoms with van der Waals surface area (Å²) in [7, 11) is 0. The van der Waals surface area contributed by atoms with Crippen molar-refractivity contribution >= 4 is 17.3 Å². The van der Waals surface area contributed by atoms with Crippen molar-refractivity contribution in [3.8, 4) is 0 Å². The molecular weight excluding hydrogens is 224 g/mol. The molecule has 1 aliphatic rings. The van der Waals surface area contributed by atoms with Crippen molar-refractivity contribution in [3.05, 3.63) is 28.8 Å². The Labute approximate surface area is 101 Å². The van der Waals surface area contributed by atoms with Crippen molar-refractivity contribution in [2.45, 2.75) is 25.5 Å². The fourth-order valence-corrected chi connectivity index (χ4v) is 2.33. The van der Waals surface area contributed by atoms with Gasteiger partial charge in [0.05, 0.1) is 16.8 Å². The molecule has 1 heterocycles. The number of benzene rings is 1. The van der Waals surface area contributed by atoms with Gasteiger partial charge in [0, 0.05) is 19.1 Å². The Kier molecular flexibility index (Phi) is 3.38. The highest BCUT2D eigenvalue weighted by Gasteiger charge is 2.22. The van der Waals surface area contributed by atoms with Gasteiger partial charge < -0.3 is 15.7 Å². The SMILES string of the molecule is C[C@@H](N)c1ccc(N2CCC(O)C2)c(Cl)c1. The summed E-state index contributed by atoms with van der Waals surface area (Å²) in [5, 5.41) is 10.2. The number of rotatable bonds is 2. The minimum absolute atomic E-state index is 0.00396. The third kappa shape index (κ3) is 2.32. The third-order valence-electron chi connectivity index (χ3n) is 3.00. The predicted molar refractivity (Wildman–Crippen MR) is 66.9 cm³/mol. The molecule has 3 N–H and O–H groups in total. The Hall–Kier alpha value is -0.770. The molecule has 4 heteroatoms. The lowest BCUT2D eigenvalue weighted by Gasteiger charge is -2.20. The summed E-state index contributed by atoms with van der Waals surface area (Å²) in [6, 6.07) is 5.89. The normalized spacial score (nSPS) is 22.5. The van der Waals surface area contributed by atoms with Crippen LogP contribution in [-0.4, -0.2) is 24.3 Å². The summed E-state index contributed by atoms with van der Waals surface area (Å²) >= 11 is 6.22. The van der Waals surface area contributed by atoms with Gasteiger partial charge in [0.25, 0.3) is 0 Å². The molecule has 1 aliphatic heterocycles. The molecule has 0 aromatic heterocycles. The first-order chi connectivity index (χ1) is 7.58. The lowest BCUT2D eigenvalue weighted by Crippen LogP contribution is -2.21. The fourth-order valence-electron chi connectivity index (χ4n) is 2.02. The van der Waals surface area contributed by atoms with E-state index in [-0.39, 0.29) is 12.1 Å². The molecule has 1 fully saturated rings. The van der Waals surface area contributed by atoms with Crippen LogP contribution in [0, 0.1) is 0 Å². The Morgan fingerprint density at radius 2 is 2.31 bits per heavy atom. The van der Waals surface area contributed by atoms with Crippen LogP contribution < -0.4 is 10.6 Å². The first-order valence-corrected chi connectivity index (χ1v) is 5.94. The van der Waals surface area contributed by atoms with Gasteiger partial charge in [-0.1, -0.05) is 17.7 Å². The number of nitrogens with two attached hydrogens (primary N) is 1. The first kappa shape index (κ1) is 11.7. The lowest BCUT2D eigenvalue weighted by atomic mass is 10.1. The summed E-state index contributed by atoms with van der Waals surface area (Å²) < 4.78 is 0. The number of aliphatic hydroxyl groups is 1. The molecule has 16 heavy (non-hydrogen) atoms. The Bertz CT molecular complexity index is 381. The molecule has 0 amide bonds. The van der Waals surface area contributed by atoms with E-state index in [1.54, 1.807) is 0 Å². The summed E-state index contributed by atoms with van der Waals surface area (Å²) in [5.74, 6) is 0. The second kappa shape index (κ2) is 4.62. The van der Waals surface area contributed by atoms with E-state index >= 15 is 0 Å². The number of aliphatic hydroxyl groups excluding tert-OH is 1. The molecule has 0 aliphatic carbocycles. The summed E-state index contributed by atoms with van der Waals surface area (Å²) in [4.78, 5) is 2.11. The predicted octanol–water partition coefficient (Wildman–Crippen LogP) is 1.93. The van der Waals surface area contributed by atoms with E-state index in [2.05, 4.69) is 4.90 Å². The van der Waals surface area contributed by atoms with E-state index in [4.69, 9.17) is 17.3 Å². The van der Waals surface area contributed by atoms with Gasteiger partial charge in [-0.25, -0.2) is 0 Å². The zero-order valence-electron chi connectivity index (χ0n) is 9.36. The maximum absolute atomic E-state index is 9.49. The summed E-state index contributed by atoms with van der Waals surface area (Å²) in [6.07, 6.45) is 0.579. The molecule has 1 unspecified atom stereocenters. The number of halogens is 1. The van der Waals surface area contributed by atoms with Crippen LogP contribution in [0.25, 0.3) is 0 Å². The molecule has 1 saturated heterocycles. The maximum Gasteiger partial charge on any atom is 0.0731 e. The molecular formula is C12H17ClN2O. The molecule has 1 aromatic rings. The van der Waals surface area contributed by atoms with Gasteiger partial charge in [0.2, 0.25) is 0 Å². The van der Waals surface area contributed by atoms with Gasteiger partial charge in [0.1, 0.15) is 0 Å². The van der Waals surface area contributed by atoms with Crippen molar-refractivity contribution in [3.63, 3.8) is 0 Å². The van der Waals surface area contributed by atoms with Crippen LogP contribution in [-0.2, 0) is 0 Å². The standard InChI is InChI=1S/C12H17ClN2O/c1-8(14)9-2-3-12(11(13)6-9)15-5-4-10(16)7-15/h2-3,6,8,10,16H,4-5,7,14H2,1H3/t8-,10?/m1/s1. The van der Waals surface area contributed by atoms with Crippen LogP contribution >= 0.6 is 11.6 Å². The molecule has 88 valence electrons. The topological polar surface area (TPSA) is 49.5 Å². The van der Waals surface area contributed by atoms with Crippen molar-refractivity contribution in [2.75, 3.05) is 18.0 Å².